The molecule has 1 spiro atoms. The van der Waals surface area contributed by atoms with Gasteiger partial charge in [0.05, 0.1) is 35.1 Å². The van der Waals surface area contributed by atoms with Crippen LogP contribution in [0.15, 0.2) is 66.7 Å². The van der Waals surface area contributed by atoms with Crippen LogP contribution >= 0.6 is 0 Å². The monoisotopic (exact) mass is 505 g/mol. The second kappa shape index (κ2) is 8.87. The van der Waals surface area contributed by atoms with E-state index >= 15 is 0 Å². The fraction of sp³-hybridized carbons (Fsp3) is 0.231. The fourth-order valence-corrected chi connectivity index (χ4v) is 6.51. The van der Waals surface area contributed by atoms with Crippen LogP contribution in [-0.2, 0) is 38.2 Å². The van der Waals surface area contributed by atoms with E-state index in [0.717, 1.165) is 17.5 Å². The number of carbonyl (C=O) groups excluding carboxylic acids is 2. The number of non-ortho nitro benzene ring substituents is 1. The highest BCUT2D eigenvalue weighted by molar-refractivity contribution is 7.88. The molecule has 0 N–H and O–H groups in total. The summed E-state index contributed by atoms with van der Waals surface area (Å²) in [4.78, 5) is 39.3. The number of nitrogens with zero attached hydrogens (tertiary/aromatic N) is 3. The molecule has 0 radical (unpaired) electrons. The summed E-state index contributed by atoms with van der Waals surface area (Å²) in [5.74, 6) is -0.741. The molecule has 2 unspecified atom stereocenters. The van der Waals surface area contributed by atoms with Crippen LogP contribution in [0.25, 0.3) is 0 Å². The standard InChI is InChI=1S/C26H23N3O6S/c1-3-17-4-8-19(9-5-17)28-24(30)16-36(34)26(28)22-14-20(29(32)33)10-13-23(22)27(25(26)31)15-18-6-11-21(35-2)12-7-18/h4-14H,3,15-16H2,1-2H3. The number of carbonyl (C=O) groups is 2. The molecule has 1 saturated heterocycles. The zero-order chi connectivity index (χ0) is 25.6. The molecule has 2 aliphatic heterocycles. The third-order valence-electron chi connectivity index (χ3n) is 6.63. The van der Waals surface area contributed by atoms with Crippen molar-refractivity contribution in [3.05, 3.63) is 93.5 Å². The first-order chi connectivity index (χ1) is 17.3. The summed E-state index contributed by atoms with van der Waals surface area (Å²) < 4.78 is 18.9. The summed E-state index contributed by atoms with van der Waals surface area (Å²) in [7, 11) is -0.423. The minimum atomic E-state index is -1.98. The SMILES string of the molecule is CCc1ccc(N2C(=O)CS(=O)C23C(=O)N(Cc2ccc(OC)cc2)c2ccc([N+](=O)[O-])cc23)cc1. The normalized spacial score (nSPS) is 20.8. The quantitative estimate of drug-likeness (QED) is 0.374. The van der Waals surface area contributed by atoms with Crippen LogP contribution in [0.3, 0.4) is 0 Å². The number of anilines is 2. The Morgan fingerprint density at radius 3 is 2.31 bits per heavy atom. The number of fused-ring (bicyclic) bond motifs is 2. The predicted octanol–water partition coefficient (Wildman–Crippen LogP) is 3.66. The number of hydrogen-bond acceptors (Lipinski definition) is 6. The summed E-state index contributed by atoms with van der Waals surface area (Å²) in [6.07, 6.45) is 0.787. The van der Waals surface area contributed by atoms with Crippen LogP contribution in [0, 0.1) is 10.1 Å². The van der Waals surface area contributed by atoms with Crippen LogP contribution in [0.4, 0.5) is 17.1 Å². The van der Waals surface area contributed by atoms with E-state index in [4.69, 9.17) is 4.74 Å². The third-order valence-corrected chi connectivity index (χ3v) is 8.38. The zero-order valence-electron chi connectivity index (χ0n) is 19.7. The van der Waals surface area contributed by atoms with E-state index in [9.17, 15) is 23.9 Å². The zero-order valence-corrected chi connectivity index (χ0v) is 20.5. The van der Waals surface area contributed by atoms with E-state index in [1.54, 1.807) is 43.5 Å². The summed E-state index contributed by atoms with van der Waals surface area (Å²) in [5, 5.41) is 11.6. The largest absolute Gasteiger partial charge is 0.497 e. The molecular formula is C26H23N3O6S. The molecule has 2 atom stereocenters. The molecule has 0 saturated carbocycles. The summed E-state index contributed by atoms with van der Waals surface area (Å²) in [6, 6.07) is 18.3. The van der Waals surface area contributed by atoms with Crippen molar-refractivity contribution >= 4 is 39.7 Å². The van der Waals surface area contributed by atoms with Gasteiger partial charge in [-0.25, -0.2) is 0 Å². The smallest absolute Gasteiger partial charge is 0.271 e. The Kier molecular flexibility index (Phi) is 5.83. The van der Waals surface area contributed by atoms with Crippen LogP contribution in [0.5, 0.6) is 5.75 Å². The summed E-state index contributed by atoms with van der Waals surface area (Å²) >= 11 is 0. The van der Waals surface area contributed by atoms with Gasteiger partial charge in [0, 0.05) is 23.4 Å². The molecular weight excluding hydrogens is 482 g/mol. The Morgan fingerprint density at radius 1 is 1.03 bits per heavy atom. The number of rotatable bonds is 6. The van der Waals surface area contributed by atoms with Crippen LogP contribution < -0.4 is 14.5 Å². The van der Waals surface area contributed by atoms with Crippen molar-refractivity contribution in [1.82, 2.24) is 0 Å². The number of methoxy groups -OCH3 is 1. The van der Waals surface area contributed by atoms with Crippen molar-refractivity contribution in [2.75, 3.05) is 22.7 Å². The summed E-state index contributed by atoms with van der Waals surface area (Å²) in [6.45, 7) is 2.13. The Bertz CT molecular complexity index is 1410. The lowest BCUT2D eigenvalue weighted by Crippen LogP contribution is -2.52. The lowest BCUT2D eigenvalue weighted by molar-refractivity contribution is -0.384. The lowest BCUT2D eigenvalue weighted by Gasteiger charge is -2.32. The van der Waals surface area contributed by atoms with Gasteiger partial charge >= 0.3 is 0 Å². The van der Waals surface area contributed by atoms with Crippen LogP contribution in [-0.4, -0.2) is 33.8 Å². The molecule has 184 valence electrons. The lowest BCUT2D eigenvalue weighted by atomic mass is 10.0. The number of amides is 2. The van der Waals surface area contributed by atoms with Crippen molar-refractivity contribution in [2.24, 2.45) is 0 Å². The highest BCUT2D eigenvalue weighted by atomic mass is 32.2. The second-order valence-electron chi connectivity index (χ2n) is 8.58. The van der Waals surface area contributed by atoms with Gasteiger partial charge < -0.3 is 9.64 Å². The topological polar surface area (TPSA) is 110 Å². The molecule has 36 heavy (non-hydrogen) atoms. The Balaban J connectivity index is 1.69. The highest BCUT2D eigenvalue weighted by Crippen LogP contribution is 2.52. The first-order valence-electron chi connectivity index (χ1n) is 11.4. The van der Waals surface area contributed by atoms with E-state index in [-0.39, 0.29) is 23.5 Å². The van der Waals surface area contributed by atoms with Crippen molar-refractivity contribution in [3.8, 4) is 5.75 Å². The van der Waals surface area contributed by atoms with E-state index in [2.05, 4.69) is 0 Å². The molecule has 3 aromatic rings. The Morgan fingerprint density at radius 2 is 1.69 bits per heavy atom. The van der Waals surface area contributed by atoms with E-state index in [1.165, 1.54) is 28.0 Å². The maximum absolute atomic E-state index is 14.2. The molecule has 2 amide bonds. The first kappa shape index (κ1) is 23.7. The number of ether oxygens (including phenoxy) is 1. The molecule has 0 bridgehead atoms. The molecule has 2 heterocycles. The number of aryl methyl sites for hydroxylation is 1. The van der Waals surface area contributed by atoms with E-state index < -0.39 is 32.4 Å². The molecule has 3 aromatic carbocycles. The molecule has 5 rings (SSSR count). The minimum absolute atomic E-state index is 0.128. The maximum Gasteiger partial charge on any atom is 0.271 e. The average molecular weight is 506 g/mol. The highest BCUT2D eigenvalue weighted by Gasteiger charge is 2.65. The average Bonchev–Trinajstić information content (AvgIpc) is 3.29. The van der Waals surface area contributed by atoms with Gasteiger partial charge in [0.25, 0.3) is 11.6 Å². The molecule has 0 aromatic heterocycles. The van der Waals surface area contributed by atoms with Gasteiger partial charge in [-0.1, -0.05) is 31.2 Å². The van der Waals surface area contributed by atoms with Gasteiger partial charge in [0.15, 0.2) is 0 Å². The minimum Gasteiger partial charge on any atom is -0.497 e. The van der Waals surface area contributed by atoms with Crippen molar-refractivity contribution < 1.29 is 23.5 Å². The van der Waals surface area contributed by atoms with E-state index in [0.29, 0.717) is 17.1 Å². The Hall–Kier alpha value is -4.05. The third kappa shape index (κ3) is 3.48. The van der Waals surface area contributed by atoms with Gasteiger partial charge in [-0.2, -0.15) is 0 Å². The van der Waals surface area contributed by atoms with Gasteiger partial charge in [-0.05, 0) is 47.9 Å². The fourth-order valence-electron chi connectivity index (χ4n) is 4.82. The maximum atomic E-state index is 14.2. The van der Waals surface area contributed by atoms with Gasteiger partial charge in [-0.3, -0.25) is 28.8 Å². The number of benzene rings is 3. The number of nitro groups is 1. The summed E-state index contributed by atoms with van der Waals surface area (Å²) in [5.41, 5.74) is 2.57. The van der Waals surface area contributed by atoms with Crippen molar-refractivity contribution in [1.29, 1.82) is 0 Å². The molecule has 9 nitrogen and oxygen atoms in total. The van der Waals surface area contributed by atoms with Gasteiger partial charge in [0.1, 0.15) is 11.5 Å². The second-order valence-corrected chi connectivity index (χ2v) is 10.2. The molecule has 1 fully saturated rings. The van der Waals surface area contributed by atoms with Gasteiger partial charge in [-0.15, -0.1) is 0 Å². The van der Waals surface area contributed by atoms with Gasteiger partial charge in [0.2, 0.25) is 10.8 Å². The number of nitro benzene ring substituents is 1. The molecule has 0 aliphatic carbocycles. The van der Waals surface area contributed by atoms with Crippen LogP contribution in [0.1, 0.15) is 23.6 Å². The van der Waals surface area contributed by atoms with Crippen molar-refractivity contribution in [2.45, 2.75) is 24.8 Å². The first-order valence-corrected chi connectivity index (χ1v) is 12.7. The molecule has 2 aliphatic rings. The Labute approximate surface area is 209 Å². The van der Waals surface area contributed by atoms with E-state index in [1.807, 2.05) is 19.1 Å². The number of hydrogen-bond donors (Lipinski definition) is 0. The van der Waals surface area contributed by atoms with Crippen LogP contribution in [0.2, 0.25) is 0 Å². The molecule has 10 heteroatoms. The van der Waals surface area contributed by atoms with Crippen molar-refractivity contribution in [3.63, 3.8) is 0 Å². The predicted molar refractivity (Wildman–Crippen MR) is 135 cm³/mol.